The number of aliphatic carboxylic acids is 1. The van der Waals surface area contributed by atoms with Crippen LogP contribution in [-0.2, 0) is 20.8 Å². The van der Waals surface area contributed by atoms with Gasteiger partial charge in [-0.2, -0.15) is 4.99 Å². The van der Waals surface area contributed by atoms with Gasteiger partial charge in [-0.1, -0.05) is 6.07 Å². The fourth-order valence-electron chi connectivity index (χ4n) is 2.95. The number of carboxylic acid groups (broad SMARTS) is 1. The number of methoxy groups -OCH3 is 1. The van der Waals surface area contributed by atoms with Crippen molar-refractivity contribution in [3.63, 3.8) is 0 Å². The number of carbonyl (C=O) groups is 4. The number of nitrogens with zero attached hydrogens (tertiary/aromatic N) is 2. The molecular weight excluding hydrogens is 437 g/mol. The van der Waals surface area contributed by atoms with E-state index in [1.54, 1.807) is 6.07 Å². The van der Waals surface area contributed by atoms with Crippen LogP contribution in [0, 0.1) is 5.82 Å². The van der Waals surface area contributed by atoms with Crippen molar-refractivity contribution in [2.24, 2.45) is 4.99 Å². The van der Waals surface area contributed by atoms with Gasteiger partial charge < -0.3 is 19.9 Å². The molecule has 11 heteroatoms. The highest BCUT2D eigenvalue weighted by Crippen LogP contribution is 2.29. The Morgan fingerprint density at radius 3 is 2.48 bits per heavy atom. The van der Waals surface area contributed by atoms with E-state index in [4.69, 9.17) is 14.6 Å². The molecule has 10 nitrogen and oxygen atoms in total. The number of hydrogen-bond acceptors (Lipinski definition) is 6. The second kappa shape index (κ2) is 9.90. The standard InChI is InChI=1S/C22H20FN3O7/c1-12(21(29)30)33-17-8-3-13(10-18(17)32-2)9-16-20(28)26(22(31)25-16)11-19(27)24-15-6-4-14(23)5-7-15/h3-8,10,12H,9,11H2,1-2H3,(H,24,27)(H,29,30). The topological polar surface area (TPSA) is 135 Å². The number of carbonyl (C=O) groups excluding carboxylic acids is 3. The van der Waals surface area contributed by atoms with Crippen LogP contribution < -0.4 is 14.8 Å². The van der Waals surface area contributed by atoms with Crippen LogP contribution >= 0.6 is 0 Å². The largest absolute Gasteiger partial charge is 0.493 e. The maximum absolute atomic E-state index is 13.0. The Bertz CT molecular complexity index is 1130. The molecule has 1 unspecified atom stereocenters. The van der Waals surface area contributed by atoms with Gasteiger partial charge in [-0.15, -0.1) is 0 Å². The zero-order valence-electron chi connectivity index (χ0n) is 17.7. The Morgan fingerprint density at radius 1 is 1.15 bits per heavy atom. The van der Waals surface area contributed by atoms with Crippen LogP contribution in [-0.4, -0.2) is 59.3 Å². The molecule has 0 saturated heterocycles. The van der Waals surface area contributed by atoms with Gasteiger partial charge in [0.25, 0.3) is 5.91 Å². The zero-order chi connectivity index (χ0) is 24.1. The minimum absolute atomic E-state index is 0.0220. The van der Waals surface area contributed by atoms with E-state index >= 15 is 0 Å². The number of ether oxygens (including phenoxy) is 2. The van der Waals surface area contributed by atoms with Crippen LogP contribution in [0.25, 0.3) is 0 Å². The van der Waals surface area contributed by atoms with Gasteiger partial charge in [-0.3, -0.25) is 9.59 Å². The van der Waals surface area contributed by atoms with Gasteiger partial charge in [-0.05, 0) is 48.9 Å². The molecule has 0 radical (unpaired) electrons. The Kier molecular flexibility index (Phi) is 7.01. The molecule has 1 aliphatic rings. The van der Waals surface area contributed by atoms with E-state index in [2.05, 4.69) is 10.3 Å². The molecule has 1 heterocycles. The third-order valence-corrected chi connectivity index (χ3v) is 4.63. The number of anilines is 1. The molecule has 0 fully saturated rings. The van der Waals surface area contributed by atoms with Crippen molar-refractivity contribution < 1.29 is 38.1 Å². The van der Waals surface area contributed by atoms with E-state index in [-0.39, 0.29) is 23.6 Å². The molecule has 0 aliphatic carbocycles. The normalized spacial score (nSPS) is 14.0. The molecule has 4 amide bonds. The highest BCUT2D eigenvalue weighted by Gasteiger charge is 2.34. The Hall–Kier alpha value is -4.28. The quantitative estimate of drug-likeness (QED) is 0.590. The molecule has 3 rings (SSSR count). The van der Waals surface area contributed by atoms with Crippen LogP contribution in [0.5, 0.6) is 11.5 Å². The van der Waals surface area contributed by atoms with Crippen molar-refractivity contribution in [2.45, 2.75) is 19.4 Å². The SMILES string of the molecule is COc1cc(CC2=NC(=O)N(CC(=O)Nc3ccc(F)cc3)C2=O)ccc1OC(C)C(=O)O. The van der Waals surface area contributed by atoms with Crippen LogP contribution in [0.15, 0.2) is 47.5 Å². The van der Waals surface area contributed by atoms with E-state index in [1.165, 1.54) is 38.3 Å². The second-order valence-electron chi connectivity index (χ2n) is 7.05. The van der Waals surface area contributed by atoms with Crippen molar-refractivity contribution in [2.75, 3.05) is 19.0 Å². The first-order valence-corrected chi connectivity index (χ1v) is 9.73. The van der Waals surface area contributed by atoms with Gasteiger partial charge in [0.15, 0.2) is 17.6 Å². The molecular formula is C22H20FN3O7. The smallest absolute Gasteiger partial charge is 0.351 e. The molecule has 0 spiro atoms. The number of carboxylic acids is 1. The summed E-state index contributed by atoms with van der Waals surface area (Å²) >= 11 is 0. The maximum Gasteiger partial charge on any atom is 0.351 e. The number of urea groups is 1. The second-order valence-corrected chi connectivity index (χ2v) is 7.05. The molecule has 1 atom stereocenters. The number of benzene rings is 2. The minimum Gasteiger partial charge on any atom is -0.493 e. The zero-order valence-corrected chi connectivity index (χ0v) is 17.7. The summed E-state index contributed by atoms with van der Waals surface area (Å²) in [6.07, 6.45) is -1.12. The summed E-state index contributed by atoms with van der Waals surface area (Å²) in [5.74, 6) is -2.53. The average molecular weight is 457 g/mol. The third kappa shape index (κ3) is 5.70. The molecule has 0 saturated carbocycles. The summed E-state index contributed by atoms with van der Waals surface area (Å²) in [7, 11) is 1.38. The number of aliphatic imine (C=N–C) groups is 1. The molecule has 2 aromatic rings. The van der Waals surface area contributed by atoms with Crippen molar-refractivity contribution >= 4 is 35.2 Å². The first kappa shape index (κ1) is 23.4. The summed E-state index contributed by atoms with van der Waals surface area (Å²) in [6, 6.07) is 8.76. The Labute approximate surface area is 187 Å². The monoisotopic (exact) mass is 457 g/mol. The van der Waals surface area contributed by atoms with E-state index in [0.717, 1.165) is 12.1 Å². The van der Waals surface area contributed by atoms with Crippen LogP contribution in [0.1, 0.15) is 12.5 Å². The summed E-state index contributed by atoms with van der Waals surface area (Å²) in [5.41, 5.74) is 0.803. The first-order valence-electron chi connectivity index (χ1n) is 9.73. The number of imide groups is 1. The van der Waals surface area contributed by atoms with Crippen molar-refractivity contribution in [1.29, 1.82) is 0 Å². The number of amides is 4. The van der Waals surface area contributed by atoms with Crippen molar-refractivity contribution in [3.8, 4) is 11.5 Å². The lowest BCUT2D eigenvalue weighted by Crippen LogP contribution is -2.39. The van der Waals surface area contributed by atoms with Gasteiger partial charge in [-0.25, -0.2) is 18.9 Å². The number of nitrogens with one attached hydrogen (secondary N) is 1. The fraction of sp³-hybridized carbons (Fsp3) is 0.227. The lowest BCUT2D eigenvalue weighted by atomic mass is 10.1. The first-order chi connectivity index (χ1) is 15.7. The van der Waals surface area contributed by atoms with Gasteiger partial charge in [0.05, 0.1) is 7.11 Å². The molecule has 0 aromatic heterocycles. The Morgan fingerprint density at radius 2 is 1.85 bits per heavy atom. The molecule has 2 N–H and O–H groups in total. The van der Waals surface area contributed by atoms with Crippen molar-refractivity contribution in [1.82, 2.24) is 4.90 Å². The Balaban J connectivity index is 1.65. The van der Waals surface area contributed by atoms with E-state index in [0.29, 0.717) is 16.2 Å². The molecule has 2 aromatic carbocycles. The van der Waals surface area contributed by atoms with Crippen LogP contribution in [0.3, 0.4) is 0 Å². The minimum atomic E-state index is -1.14. The van der Waals surface area contributed by atoms with Crippen LogP contribution in [0.4, 0.5) is 14.9 Å². The van der Waals surface area contributed by atoms with Crippen LogP contribution in [0.2, 0.25) is 0 Å². The highest BCUT2D eigenvalue weighted by atomic mass is 19.1. The maximum atomic E-state index is 13.0. The predicted molar refractivity (Wildman–Crippen MR) is 114 cm³/mol. The van der Waals surface area contributed by atoms with Gasteiger partial charge in [0, 0.05) is 12.1 Å². The summed E-state index contributed by atoms with van der Waals surface area (Å²) in [4.78, 5) is 52.4. The van der Waals surface area contributed by atoms with Crippen molar-refractivity contribution in [3.05, 3.63) is 53.8 Å². The van der Waals surface area contributed by atoms with E-state index < -0.39 is 42.3 Å². The average Bonchev–Trinajstić information content (AvgIpc) is 3.03. The molecule has 0 bridgehead atoms. The van der Waals surface area contributed by atoms with Gasteiger partial charge in [0.2, 0.25) is 5.91 Å². The van der Waals surface area contributed by atoms with Gasteiger partial charge >= 0.3 is 12.0 Å². The van der Waals surface area contributed by atoms with Gasteiger partial charge in [0.1, 0.15) is 18.1 Å². The van der Waals surface area contributed by atoms with E-state index in [9.17, 15) is 23.6 Å². The number of rotatable bonds is 9. The molecule has 172 valence electrons. The predicted octanol–water partition coefficient (Wildman–Crippen LogP) is 2.27. The third-order valence-electron chi connectivity index (χ3n) is 4.63. The fourth-order valence-corrected chi connectivity index (χ4v) is 2.95. The summed E-state index contributed by atoms with van der Waals surface area (Å²) in [5, 5.41) is 11.5. The highest BCUT2D eigenvalue weighted by molar-refractivity contribution is 6.46. The number of halogens is 1. The summed E-state index contributed by atoms with van der Waals surface area (Å²) < 4.78 is 23.5. The summed E-state index contributed by atoms with van der Waals surface area (Å²) in [6.45, 7) is 0.819. The molecule has 1 aliphatic heterocycles. The lowest BCUT2D eigenvalue weighted by Gasteiger charge is -2.15. The van der Waals surface area contributed by atoms with E-state index in [1.807, 2.05) is 0 Å². The lowest BCUT2D eigenvalue weighted by molar-refractivity contribution is -0.144. The number of hydrogen-bond donors (Lipinski definition) is 2. The molecule has 33 heavy (non-hydrogen) atoms.